The fraction of sp³-hybridized carbons (Fsp3) is 0.192. The highest BCUT2D eigenvalue weighted by atomic mass is 19.4. The molecule has 0 amide bonds. The molecule has 174 valence electrons. The van der Waals surface area contributed by atoms with Crippen molar-refractivity contribution in [1.29, 1.82) is 0 Å². The number of ether oxygens (including phenoxy) is 1. The van der Waals surface area contributed by atoms with Crippen molar-refractivity contribution in [2.24, 2.45) is 5.92 Å². The van der Waals surface area contributed by atoms with Gasteiger partial charge in [-0.3, -0.25) is 4.79 Å². The van der Waals surface area contributed by atoms with Gasteiger partial charge in [0, 0.05) is 5.92 Å². The maximum absolute atomic E-state index is 14.7. The molecule has 0 N–H and O–H groups in total. The van der Waals surface area contributed by atoms with Gasteiger partial charge in [-0.05, 0) is 66.1 Å². The van der Waals surface area contributed by atoms with E-state index in [0.29, 0.717) is 24.2 Å². The number of carbonyl (C=O) groups is 1. The molecule has 0 saturated heterocycles. The van der Waals surface area contributed by atoms with Gasteiger partial charge < -0.3 is 4.74 Å². The molecule has 0 aromatic heterocycles. The molecule has 0 radical (unpaired) electrons. The average molecular weight is 474 g/mol. The standard InChI is InChI=1S/C26H16F6O2/c27-21-14-18-12-17(13-22(28)23(18)24(29)20(21)10-11-26(30,31)32)15-6-8-19(9-7-15)34-25(33)16-4-2-1-3-5-16/h1-2,6-9,12-14,16H,3-5H2. The zero-order chi connectivity index (χ0) is 24.5. The zero-order valence-corrected chi connectivity index (χ0v) is 17.5. The predicted octanol–water partition coefficient (Wildman–Crippen LogP) is 7.10. The minimum atomic E-state index is -4.95. The smallest absolute Gasteiger partial charge is 0.426 e. The largest absolute Gasteiger partial charge is 0.458 e. The third-order valence-electron chi connectivity index (χ3n) is 5.42. The minimum Gasteiger partial charge on any atom is -0.426 e. The van der Waals surface area contributed by atoms with Crippen LogP contribution in [0.25, 0.3) is 21.9 Å². The molecule has 0 bridgehead atoms. The van der Waals surface area contributed by atoms with Crippen molar-refractivity contribution in [3.63, 3.8) is 0 Å². The molecule has 2 nitrogen and oxygen atoms in total. The predicted molar refractivity (Wildman–Crippen MR) is 114 cm³/mol. The van der Waals surface area contributed by atoms with E-state index >= 15 is 0 Å². The third-order valence-corrected chi connectivity index (χ3v) is 5.42. The highest BCUT2D eigenvalue weighted by Crippen LogP contribution is 2.32. The number of hydrogen-bond acceptors (Lipinski definition) is 2. The maximum atomic E-state index is 14.7. The molecule has 0 saturated carbocycles. The highest BCUT2D eigenvalue weighted by molar-refractivity contribution is 5.90. The Bertz CT molecular complexity index is 1340. The van der Waals surface area contributed by atoms with E-state index in [-0.39, 0.29) is 22.8 Å². The van der Waals surface area contributed by atoms with Crippen LogP contribution in [0.5, 0.6) is 5.75 Å². The molecule has 0 fully saturated rings. The molecule has 1 aliphatic rings. The lowest BCUT2D eigenvalue weighted by molar-refractivity contribution is -0.139. The topological polar surface area (TPSA) is 26.3 Å². The Labute approximate surface area is 190 Å². The van der Waals surface area contributed by atoms with Gasteiger partial charge in [0.15, 0.2) is 5.82 Å². The quantitative estimate of drug-likeness (QED) is 0.133. The van der Waals surface area contributed by atoms with Crippen molar-refractivity contribution >= 4 is 16.7 Å². The summed E-state index contributed by atoms with van der Waals surface area (Å²) in [6, 6.07) is 9.18. The first-order valence-corrected chi connectivity index (χ1v) is 10.3. The molecule has 4 rings (SSSR count). The van der Waals surface area contributed by atoms with E-state index in [2.05, 4.69) is 0 Å². The monoisotopic (exact) mass is 474 g/mol. The molecular formula is C26H16F6O2. The number of esters is 1. The van der Waals surface area contributed by atoms with Gasteiger partial charge in [0.1, 0.15) is 17.4 Å². The van der Waals surface area contributed by atoms with Crippen LogP contribution in [0, 0.1) is 35.2 Å². The number of hydrogen-bond donors (Lipinski definition) is 0. The fourth-order valence-electron chi connectivity index (χ4n) is 3.75. The van der Waals surface area contributed by atoms with E-state index in [1.54, 1.807) is 12.1 Å². The van der Waals surface area contributed by atoms with Crippen molar-refractivity contribution in [3.05, 3.63) is 77.6 Å². The van der Waals surface area contributed by atoms with Crippen LogP contribution in [-0.4, -0.2) is 12.1 Å². The van der Waals surface area contributed by atoms with Crippen LogP contribution in [0.15, 0.2) is 54.6 Å². The number of fused-ring (bicyclic) bond motifs is 1. The molecule has 0 spiro atoms. The third kappa shape index (κ3) is 5.09. The second-order valence-electron chi connectivity index (χ2n) is 7.78. The minimum absolute atomic E-state index is 0.177. The second-order valence-corrected chi connectivity index (χ2v) is 7.78. The van der Waals surface area contributed by atoms with E-state index < -0.39 is 34.6 Å². The van der Waals surface area contributed by atoms with Gasteiger partial charge in [-0.2, -0.15) is 13.2 Å². The van der Waals surface area contributed by atoms with Crippen molar-refractivity contribution < 1.29 is 35.9 Å². The summed E-state index contributed by atoms with van der Waals surface area (Å²) < 4.78 is 85.9. The summed E-state index contributed by atoms with van der Waals surface area (Å²) in [6.45, 7) is 0. The van der Waals surface area contributed by atoms with E-state index in [4.69, 9.17) is 4.74 Å². The van der Waals surface area contributed by atoms with Crippen molar-refractivity contribution in [2.45, 2.75) is 25.4 Å². The molecule has 0 heterocycles. The van der Waals surface area contributed by atoms with Crippen LogP contribution < -0.4 is 4.74 Å². The number of halogens is 6. The normalized spacial score (nSPS) is 15.6. The van der Waals surface area contributed by atoms with Crippen LogP contribution in [0.3, 0.4) is 0 Å². The highest BCUT2D eigenvalue weighted by Gasteiger charge is 2.24. The number of carbonyl (C=O) groups excluding carboxylic acids is 1. The summed E-state index contributed by atoms with van der Waals surface area (Å²) in [5.74, 6) is -1.99. The Hall–Kier alpha value is -3.73. The van der Waals surface area contributed by atoms with E-state index in [1.165, 1.54) is 24.1 Å². The number of rotatable bonds is 3. The molecule has 1 atom stereocenters. The van der Waals surface area contributed by atoms with E-state index in [0.717, 1.165) is 24.5 Å². The molecule has 1 unspecified atom stereocenters. The van der Waals surface area contributed by atoms with Crippen LogP contribution >= 0.6 is 0 Å². The van der Waals surface area contributed by atoms with Crippen LogP contribution in [0.4, 0.5) is 26.3 Å². The summed E-state index contributed by atoms with van der Waals surface area (Å²) in [5.41, 5.74) is -0.410. The van der Waals surface area contributed by atoms with Gasteiger partial charge in [0.05, 0.1) is 16.9 Å². The van der Waals surface area contributed by atoms with Crippen LogP contribution in [-0.2, 0) is 4.79 Å². The Morgan fingerprint density at radius 1 is 0.941 bits per heavy atom. The second kappa shape index (κ2) is 9.26. The lowest BCUT2D eigenvalue weighted by atomic mass is 9.95. The molecule has 3 aromatic rings. The molecule has 0 aliphatic heterocycles. The lowest BCUT2D eigenvalue weighted by Crippen LogP contribution is -2.21. The first kappa shape index (κ1) is 23.4. The number of alkyl halides is 3. The van der Waals surface area contributed by atoms with Crippen LogP contribution in [0.1, 0.15) is 24.8 Å². The molecule has 8 heteroatoms. The fourth-order valence-corrected chi connectivity index (χ4v) is 3.75. The van der Waals surface area contributed by atoms with Gasteiger partial charge in [0.2, 0.25) is 0 Å². The van der Waals surface area contributed by atoms with Crippen molar-refractivity contribution in [2.75, 3.05) is 0 Å². The summed E-state index contributed by atoms with van der Waals surface area (Å²) in [5, 5.41) is -0.841. The first-order valence-electron chi connectivity index (χ1n) is 10.3. The summed E-state index contributed by atoms with van der Waals surface area (Å²) in [6.07, 6.45) is 1.12. The summed E-state index contributed by atoms with van der Waals surface area (Å²) >= 11 is 0. The summed E-state index contributed by atoms with van der Waals surface area (Å²) in [4.78, 5) is 12.3. The Morgan fingerprint density at radius 3 is 2.32 bits per heavy atom. The Kier molecular flexibility index (Phi) is 6.38. The van der Waals surface area contributed by atoms with Crippen molar-refractivity contribution in [1.82, 2.24) is 0 Å². The average Bonchev–Trinajstić information content (AvgIpc) is 2.78. The van der Waals surface area contributed by atoms with Crippen LogP contribution in [0.2, 0.25) is 0 Å². The maximum Gasteiger partial charge on any atom is 0.458 e. The summed E-state index contributed by atoms with van der Waals surface area (Å²) in [7, 11) is 0. The van der Waals surface area contributed by atoms with Crippen molar-refractivity contribution in [3.8, 4) is 28.7 Å². The van der Waals surface area contributed by atoms with Gasteiger partial charge in [0.25, 0.3) is 0 Å². The number of benzene rings is 3. The van der Waals surface area contributed by atoms with Gasteiger partial charge in [-0.15, -0.1) is 0 Å². The van der Waals surface area contributed by atoms with E-state index in [9.17, 15) is 31.1 Å². The van der Waals surface area contributed by atoms with Gasteiger partial charge in [-0.25, -0.2) is 13.2 Å². The Morgan fingerprint density at radius 2 is 1.68 bits per heavy atom. The lowest BCUT2D eigenvalue weighted by Gasteiger charge is -2.16. The number of allylic oxidation sites excluding steroid dienone is 2. The molecule has 3 aromatic carbocycles. The Balaban J connectivity index is 1.63. The molecule has 1 aliphatic carbocycles. The van der Waals surface area contributed by atoms with E-state index in [1.807, 2.05) is 12.2 Å². The SMILES string of the molecule is O=C(Oc1ccc(-c2cc(F)c3c(F)c(C#CC(F)(F)F)c(F)cc3c2)cc1)C1CC=CCC1. The van der Waals surface area contributed by atoms with Gasteiger partial charge >= 0.3 is 12.1 Å². The molecular weight excluding hydrogens is 458 g/mol. The zero-order valence-electron chi connectivity index (χ0n) is 17.5. The molecule has 34 heavy (non-hydrogen) atoms. The first-order chi connectivity index (χ1) is 16.1. The van der Waals surface area contributed by atoms with Gasteiger partial charge in [-0.1, -0.05) is 30.2 Å².